The highest BCUT2D eigenvalue weighted by Gasteiger charge is 2.41. The molecule has 2 amide bonds. The van der Waals surface area contributed by atoms with Crippen molar-refractivity contribution >= 4 is 23.2 Å². The van der Waals surface area contributed by atoms with Crippen molar-refractivity contribution in [3.63, 3.8) is 0 Å². The third-order valence-corrected chi connectivity index (χ3v) is 3.87. The highest BCUT2D eigenvalue weighted by Crippen LogP contribution is 2.39. The van der Waals surface area contributed by atoms with Gasteiger partial charge in [-0.1, -0.05) is 0 Å². The van der Waals surface area contributed by atoms with E-state index in [1.165, 1.54) is 0 Å². The van der Waals surface area contributed by atoms with Crippen molar-refractivity contribution in [3.8, 4) is 5.75 Å². The smallest absolute Gasteiger partial charge is 0.313 e. The Kier molecular flexibility index (Phi) is 3.16. The van der Waals surface area contributed by atoms with E-state index in [1.54, 1.807) is 0 Å². The average molecular weight is 306 g/mol. The molecular weight excluding hydrogens is 295 g/mol. The molecule has 0 atom stereocenters. The van der Waals surface area contributed by atoms with E-state index in [1.807, 2.05) is 0 Å². The van der Waals surface area contributed by atoms with Gasteiger partial charge in [0.25, 0.3) is 11.8 Å². The third-order valence-electron chi connectivity index (χ3n) is 3.87. The Hall–Kier alpha value is -2.77. The number of carbonyl (C=O) groups is 2. The zero-order valence-corrected chi connectivity index (χ0v) is 11.3. The molecule has 1 aliphatic carbocycles. The number of halogens is 1. The van der Waals surface area contributed by atoms with E-state index >= 15 is 0 Å². The molecular formula is C14H11FN2O5. The van der Waals surface area contributed by atoms with Gasteiger partial charge in [-0.05, 0) is 25.7 Å². The van der Waals surface area contributed by atoms with Crippen LogP contribution in [0.4, 0.5) is 15.8 Å². The summed E-state index contributed by atoms with van der Waals surface area (Å²) in [6.45, 7) is 0. The molecule has 1 aromatic rings. The lowest BCUT2D eigenvalue weighted by Crippen LogP contribution is -2.32. The number of aromatic hydroxyl groups is 1. The maximum atomic E-state index is 14.0. The normalized spacial score (nSPS) is 18.0. The molecule has 0 bridgehead atoms. The lowest BCUT2D eigenvalue weighted by atomic mass is 9.93. The van der Waals surface area contributed by atoms with Crippen LogP contribution in [0.3, 0.4) is 0 Å². The standard InChI is InChI=1S/C14H11FN2O5/c15-9-5-12(18)11(17(21)22)6-10(9)16-13(19)7-3-1-2-4-8(7)14(16)20/h5-6,18H,1-4H2. The van der Waals surface area contributed by atoms with Gasteiger partial charge in [0.2, 0.25) is 0 Å². The topological polar surface area (TPSA) is 101 Å². The Labute approximate surface area is 123 Å². The van der Waals surface area contributed by atoms with Gasteiger partial charge in [0.15, 0.2) is 11.6 Å². The van der Waals surface area contributed by atoms with Crippen molar-refractivity contribution in [3.05, 3.63) is 39.2 Å². The second kappa shape index (κ2) is 4.90. The van der Waals surface area contributed by atoms with Crippen LogP contribution in [0.15, 0.2) is 23.3 Å². The van der Waals surface area contributed by atoms with Crippen LogP contribution < -0.4 is 4.90 Å². The van der Waals surface area contributed by atoms with Crippen LogP contribution in [0.1, 0.15) is 25.7 Å². The number of nitro benzene ring substituents is 1. The van der Waals surface area contributed by atoms with Crippen molar-refractivity contribution in [1.82, 2.24) is 0 Å². The molecule has 0 saturated heterocycles. The molecule has 114 valence electrons. The molecule has 1 aliphatic heterocycles. The summed E-state index contributed by atoms with van der Waals surface area (Å²) in [7, 11) is 0. The number of phenols is 1. The minimum Gasteiger partial charge on any atom is -0.502 e. The number of phenolic OH excluding ortho intramolecular Hbond substituents is 1. The number of imide groups is 1. The first-order valence-electron chi connectivity index (χ1n) is 6.69. The Bertz CT molecular complexity index is 728. The van der Waals surface area contributed by atoms with Crippen molar-refractivity contribution in [2.24, 2.45) is 0 Å². The Morgan fingerprint density at radius 1 is 1.14 bits per heavy atom. The second-order valence-corrected chi connectivity index (χ2v) is 5.16. The van der Waals surface area contributed by atoms with Crippen molar-refractivity contribution in [2.75, 3.05) is 4.90 Å². The average Bonchev–Trinajstić information content (AvgIpc) is 2.72. The first kappa shape index (κ1) is 14.2. The maximum Gasteiger partial charge on any atom is 0.313 e. The van der Waals surface area contributed by atoms with E-state index < -0.39 is 39.7 Å². The summed E-state index contributed by atoms with van der Waals surface area (Å²) < 4.78 is 14.0. The zero-order valence-electron chi connectivity index (χ0n) is 11.3. The minimum atomic E-state index is -1.07. The monoisotopic (exact) mass is 306 g/mol. The summed E-state index contributed by atoms with van der Waals surface area (Å²) >= 11 is 0. The number of benzene rings is 1. The Morgan fingerprint density at radius 3 is 2.18 bits per heavy atom. The van der Waals surface area contributed by atoms with Gasteiger partial charge < -0.3 is 5.11 Å². The largest absolute Gasteiger partial charge is 0.502 e. The number of amides is 2. The molecule has 1 N–H and O–H groups in total. The van der Waals surface area contributed by atoms with E-state index in [0.29, 0.717) is 41.0 Å². The summed E-state index contributed by atoms with van der Waals surface area (Å²) in [5.74, 6) is -3.20. The molecule has 0 spiro atoms. The lowest BCUT2D eigenvalue weighted by molar-refractivity contribution is -0.385. The van der Waals surface area contributed by atoms with Gasteiger partial charge in [-0.2, -0.15) is 0 Å². The Balaban J connectivity index is 2.09. The van der Waals surface area contributed by atoms with E-state index in [0.717, 1.165) is 12.8 Å². The highest BCUT2D eigenvalue weighted by molar-refractivity contribution is 6.33. The fraction of sp³-hybridized carbons (Fsp3) is 0.286. The van der Waals surface area contributed by atoms with Crippen LogP contribution >= 0.6 is 0 Å². The second-order valence-electron chi connectivity index (χ2n) is 5.16. The van der Waals surface area contributed by atoms with E-state index in [2.05, 4.69) is 0 Å². The fourth-order valence-corrected chi connectivity index (χ4v) is 2.82. The number of anilines is 1. The molecule has 1 heterocycles. The van der Waals surface area contributed by atoms with Gasteiger partial charge in [-0.15, -0.1) is 0 Å². The van der Waals surface area contributed by atoms with Crippen LogP contribution in [-0.4, -0.2) is 21.8 Å². The molecule has 0 fully saturated rings. The van der Waals surface area contributed by atoms with Gasteiger partial charge in [0.1, 0.15) is 0 Å². The summed E-state index contributed by atoms with van der Waals surface area (Å²) in [5.41, 5.74) is -0.562. The van der Waals surface area contributed by atoms with Crippen LogP contribution in [0, 0.1) is 15.9 Å². The van der Waals surface area contributed by atoms with Gasteiger partial charge in [0, 0.05) is 23.3 Å². The fourth-order valence-electron chi connectivity index (χ4n) is 2.82. The van der Waals surface area contributed by atoms with E-state index in [9.17, 15) is 29.2 Å². The molecule has 22 heavy (non-hydrogen) atoms. The first-order chi connectivity index (χ1) is 10.4. The van der Waals surface area contributed by atoms with Crippen molar-refractivity contribution in [2.45, 2.75) is 25.7 Å². The zero-order chi connectivity index (χ0) is 16.0. The summed E-state index contributed by atoms with van der Waals surface area (Å²) in [4.78, 5) is 35.2. The van der Waals surface area contributed by atoms with Crippen LogP contribution in [0.2, 0.25) is 0 Å². The SMILES string of the molecule is O=C1C2=C(CCCC2)C(=O)N1c1cc([N+](=O)[O-])c(O)cc1F. The predicted molar refractivity (Wildman–Crippen MR) is 72.7 cm³/mol. The summed E-state index contributed by atoms with van der Waals surface area (Å²) in [5, 5.41) is 20.2. The van der Waals surface area contributed by atoms with Gasteiger partial charge >= 0.3 is 5.69 Å². The molecule has 2 aliphatic rings. The molecule has 0 saturated carbocycles. The highest BCUT2D eigenvalue weighted by atomic mass is 19.1. The molecule has 0 radical (unpaired) electrons. The molecule has 7 nitrogen and oxygen atoms in total. The molecule has 0 unspecified atom stereocenters. The summed E-state index contributed by atoms with van der Waals surface area (Å²) in [6, 6.07) is 1.24. The third kappa shape index (κ3) is 1.95. The van der Waals surface area contributed by atoms with Crippen molar-refractivity contribution in [1.29, 1.82) is 0 Å². The molecule has 3 rings (SSSR count). The van der Waals surface area contributed by atoms with Gasteiger partial charge in [-0.3, -0.25) is 19.7 Å². The number of rotatable bonds is 2. The quantitative estimate of drug-likeness (QED) is 0.512. The van der Waals surface area contributed by atoms with E-state index in [4.69, 9.17) is 0 Å². The minimum absolute atomic E-state index is 0.353. The van der Waals surface area contributed by atoms with Crippen LogP contribution in [0.25, 0.3) is 0 Å². The number of nitro groups is 1. The van der Waals surface area contributed by atoms with Crippen molar-refractivity contribution < 1.29 is 24.0 Å². The molecule has 0 aromatic heterocycles. The van der Waals surface area contributed by atoms with Gasteiger partial charge in [-0.25, -0.2) is 9.29 Å². The summed E-state index contributed by atoms with van der Waals surface area (Å²) in [6.07, 6.45) is 2.42. The van der Waals surface area contributed by atoms with Gasteiger partial charge in [0.05, 0.1) is 10.6 Å². The number of carbonyl (C=O) groups excluding carboxylic acids is 2. The van der Waals surface area contributed by atoms with Crippen LogP contribution in [0.5, 0.6) is 5.75 Å². The first-order valence-corrected chi connectivity index (χ1v) is 6.69. The number of nitrogens with zero attached hydrogens (tertiary/aromatic N) is 2. The van der Waals surface area contributed by atoms with Crippen LogP contribution in [-0.2, 0) is 9.59 Å². The molecule has 1 aromatic carbocycles. The maximum absolute atomic E-state index is 14.0. The lowest BCUT2D eigenvalue weighted by Gasteiger charge is -2.16. The number of hydrogen-bond donors (Lipinski definition) is 1. The molecule has 8 heteroatoms. The predicted octanol–water partition coefficient (Wildman–Crippen LogP) is 2.18. The van der Waals surface area contributed by atoms with E-state index in [-0.39, 0.29) is 0 Å². The number of hydrogen-bond acceptors (Lipinski definition) is 5. The Morgan fingerprint density at radius 2 is 1.68 bits per heavy atom.